The second kappa shape index (κ2) is 3.01. The number of aryl methyl sites for hydroxylation is 2. The van der Waals surface area contributed by atoms with Gasteiger partial charge in [-0.2, -0.15) is 4.39 Å². The summed E-state index contributed by atoms with van der Waals surface area (Å²) in [4.78, 5) is 10.3. The smallest absolute Gasteiger partial charge is 0.255 e. The molecule has 0 heterocycles. The van der Waals surface area contributed by atoms with E-state index in [-0.39, 0.29) is 0 Å². The van der Waals surface area contributed by atoms with E-state index in [4.69, 9.17) is 0 Å². The SMILES string of the molecule is Cc1cc(C)c(C(=O)F)c(F)c1. The van der Waals surface area contributed by atoms with Crippen LogP contribution in [0.1, 0.15) is 21.5 Å². The molecule has 0 saturated heterocycles. The summed E-state index contributed by atoms with van der Waals surface area (Å²) in [6.45, 7) is 3.19. The molecule has 0 aliphatic heterocycles. The zero-order chi connectivity index (χ0) is 9.30. The van der Waals surface area contributed by atoms with Crippen molar-refractivity contribution in [1.29, 1.82) is 0 Å². The number of hydrogen-bond donors (Lipinski definition) is 0. The monoisotopic (exact) mass is 170 g/mol. The molecule has 0 aromatic heterocycles. The van der Waals surface area contributed by atoms with Crippen LogP contribution in [0.5, 0.6) is 0 Å². The van der Waals surface area contributed by atoms with Crippen molar-refractivity contribution < 1.29 is 13.6 Å². The summed E-state index contributed by atoms with van der Waals surface area (Å²) >= 11 is 0. The fourth-order valence-electron chi connectivity index (χ4n) is 1.16. The van der Waals surface area contributed by atoms with Gasteiger partial charge in [0.15, 0.2) is 0 Å². The normalized spacial score (nSPS) is 10.0. The highest BCUT2D eigenvalue weighted by Crippen LogP contribution is 2.16. The third kappa shape index (κ3) is 1.49. The minimum atomic E-state index is -1.72. The Morgan fingerprint density at radius 1 is 1.33 bits per heavy atom. The van der Waals surface area contributed by atoms with Crippen molar-refractivity contribution >= 4 is 6.04 Å². The van der Waals surface area contributed by atoms with Crippen molar-refractivity contribution in [2.24, 2.45) is 0 Å². The van der Waals surface area contributed by atoms with Gasteiger partial charge in [0.2, 0.25) is 0 Å². The highest BCUT2D eigenvalue weighted by molar-refractivity contribution is 5.90. The number of hydrogen-bond acceptors (Lipinski definition) is 1. The molecular weight excluding hydrogens is 162 g/mol. The summed E-state index contributed by atoms with van der Waals surface area (Å²) in [5.41, 5.74) is 0.551. The molecule has 0 atom stereocenters. The van der Waals surface area contributed by atoms with Gasteiger partial charge in [0.25, 0.3) is 0 Å². The summed E-state index contributed by atoms with van der Waals surface area (Å²) in [5, 5.41) is 0. The van der Waals surface area contributed by atoms with Crippen molar-refractivity contribution in [2.45, 2.75) is 13.8 Å². The molecule has 0 N–H and O–H groups in total. The lowest BCUT2D eigenvalue weighted by Crippen LogP contribution is -1.99. The predicted molar refractivity (Wildman–Crippen MR) is 41.3 cm³/mol. The van der Waals surface area contributed by atoms with E-state index in [1.807, 2.05) is 0 Å². The van der Waals surface area contributed by atoms with Gasteiger partial charge in [-0.1, -0.05) is 6.07 Å². The maximum atomic E-state index is 12.9. The molecule has 64 valence electrons. The molecule has 0 aliphatic carbocycles. The molecule has 0 aliphatic rings. The average Bonchev–Trinajstić information content (AvgIpc) is 1.82. The van der Waals surface area contributed by atoms with Gasteiger partial charge in [0.05, 0.1) is 5.56 Å². The highest BCUT2D eigenvalue weighted by atomic mass is 19.1. The lowest BCUT2D eigenvalue weighted by molar-refractivity contribution is 0.0830. The molecule has 0 amide bonds. The molecule has 12 heavy (non-hydrogen) atoms. The predicted octanol–water partition coefficient (Wildman–Crippen LogP) is 2.55. The first-order chi connectivity index (χ1) is 5.52. The van der Waals surface area contributed by atoms with Crippen LogP contribution >= 0.6 is 0 Å². The summed E-state index contributed by atoms with van der Waals surface area (Å²) < 4.78 is 25.1. The van der Waals surface area contributed by atoms with Crippen molar-refractivity contribution in [2.75, 3.05) is 0 Å². The molecular formula is C9H8F2O. The van der Waals surface area contributed by atoms with Crippen molar-refractivity contribution in [1.82, 2.24) is 0 Å². The van der Waals surface area contributed by atoms with E-state index >= 15 is 0 Å². The van der Waals surface area contributed by atoms with Gasteiger partial charge in [0, 0.05) is 0 Å². The fourth-order valence-corrected chi connectivity index (χ4v) is 1.16. The van der Waals surface area contributed by atoms with Crippen LogP contribution in [-0.2, 0) is 0 Å². The second-order valence-corrected chi connectivity index (χ2v) is 2.71. The standard InChI is InChI=1S/C9H8F2O/c1-5-3-6(2)8(9(11)12)7(10)4-5/h3-4H,1-2H3. The lowest BCUT2D eigenvalue weighted by atomic mass is 10.1. The highest BCUT2D eigenvalue weighted by Gasteiger charge is 2.13. The van der Waals surface area contributed by atoms with Crippen LogP contribution in [0.2, 0.25) is 0 Å². The quantitative estimate of drug-likeness (QED) is 0.592. The molecule has 0 fully saturated rings. The average molecular weight is 170 g/mol. The summed E-state index contributed by atoms with van der Waals surface area (Å²) in [5.74, 6) is -0.792. The maximum absolute atomic E-state index is 12.9. The number of benzene rings is 1. The van der Waals surface area contributed by atoms with Crippen LogP contribution in [0.15, 0.2) is 12.1 Å². The third-order valence-electron chi connectivity index (χ3n) is 1.63. The molecule has 0 bridgehead atoms. The van der Waals surface area contributed by atoms with E-state index in [9.17, 15) is 13.6 Å². The minimum Gasteiger partial charge on any atom is -0.255 e. The first-order valence-electron chi connectivity index (χ1n) is 3.49. The van der Waals surface area contributed by atoms with E-state index in [0.29, 0.717) is 11.1 Å². The van der Waals surface area contributed by atoms with Gasteiger partial charge in [-0.3, -0.25) is 4.79 Å². The maximum Gasteiger partial charge on any atom is 0.335 e. The van der Waals surface area contributed by atoms with E-state index in [1.54, 1.807) is 13.0 Å². The Labute approximate surface area is 69.0 Å². The Balaban J connectivity index is 3.38. The topological polar surface area (TPSA) is 17.1 Å². The largest absolute Gasteiger partial charge is 0.335 e. The number of halogens is 2. The Morgan fingerprint density at radius 2 is 1.92 bits per heavy atom. The zero-order valence-corrected chi connectivity index (χ0v) is 6.82. The molecule has 1 aromatic carbocycles. The first kappa shape index (κ1) is 8.84. The van der Waals surface area contributed by atoms with Crippen molar-refractivity contribution in [3.8, 4) is 0 Å². The minimum absolute atomic E-state index is 0.333. The van der Waals surface area contributed by atoms with Gasteiger partial charge < -0.3 is 0 Å². The van der Waals surface area contributed by atoms with Crippen molar-refractivity contribution in [3.05, 3.63) is 34.6 Å². The van der Waals surface area contributed by atoms with Crippen LogP contribution in [-0.4, -0.2) is 6.04 Å². The number of rotatable bonds is 1. The molecule has 1 rings (SSSR count). The lowest BCUT2D eigenvalue weighted by Gasteiger charge is -2.02. The van der Waals surface area contributed by atoms with Gasteiger partial charge in [-0.05, 0) is 31.0 Å². The second-order valence-electron chi connectivity index (χ2n) is 2.71. The van der Waals surface area contributed by atoms with Crippen LogP contribution < -0.4 is 0 Å². The fraction of sp³-hybridized carbons (Fsp3) is 0.222. The Hall–Kier alpha value is -1.25. The number of carbonyl (C=O) groups excluding carboxylic acids is 1. The van der Waals surface area contributed by atoms with Gasteiger partial charge in [0.1, 0.15) is 5.82 Å². The molecule has 0 spiro atoms. The Morgan fingerprint density at radius 3 is 2.33 bits per heavy atom. The molecule has 0 saturated carbocycles. The molecule has 1 aromatic rings. The van der Waals surface area contributed by atoms with E-state index in [2.05, 4.69) is 0 Å². The van der Waals surface area contributed by atoms with Crippen molar-refractivity contribution in [3.63, 3.8) is 0 Å². The van der Waals surface area contributed by atoms with Crippen LogP contribution in [0.25, 0.3) is 0 Å². The number of carbonyl (C=O) groups is 1. The first-order valence-corrected chi connectivity index (χ1v) is 3.49. The molecule has 3 heteroatoms. The molecule has 1 nitrogen and oxygen atoms in total. The van der Waals surface area contributed by atoms with Crippen LogP contribution in [0.3, 0.4) is 0 Å². The summed E-state index contributed by atoms with van der Waals surface area (Å²) in [6, 6.07) is 0.986. The summed E-state index contributed by atoms with van der Waals surface area (Å²) in [6.07, 6.45) is 0. The molecule has 0 unspecified atom stereocenters. The van der Waals surface area contributed by atoms with E-state index < -0.39 is 17.4 Å². The van der Waals surface area contributed by atoms with E-state index in [0.717, 1.165) is 6.07 Å². The van der Waals surface area contributed by atoms with Crippen LogP contribution in [0.4, 0.5) is 8.78 Å². The Bertz CT molecular complexity index is 308. The Kier molecular flexibility index (Phi) is 2.22. The summed E-state index contributed by atoms with van der Waals surface area (Å²) in [7, 11) is 0. The van der Waals surface area contributed by atoms with E-state index in [1.165, 1.54) is 6.92 Å². The van der Waals surface area contributed by atoms with Gasteiger partial charge in [-0.25, -0.2) is 4.39 Å². The van der Waals surface area contributed by atoms with Gasteiger partial charge in [-0.15, -0.1) is 0 Å². The van der Waals surface area contributed by atoms with Gasteiger partial charge >= 0.3 is 6.04 Å². The van der Waals surface area contributed by atoms with Crippen LogP contribution in [0, 0.1) is 19.7 Å². The molecule has 0 radical (unpaired) electrons. The third-order valence-corrected chi connectivity index (χ3v) is 1.63. The zero-order valence-electron chi connectivity index (χ0n) is 6.82.